The van der Waals surface area contributed by atoms with Crippen LogP contribution >= 0.6 is 0 Å². The zero-order valence-corrected chi connectivity index (χ0v) is 12.3. The van der Waals surface area contributed by atoms with Crippen LogP contribution < -0.4 is 15.8 Å². The average molecular weight is 297 g/mol. The number of oxime groups is 1. The van der Waals surface area contributed by atoms with Crippen molar-refractivity contribution in [2.24, 2.45) is 16.3 Å². The van der Waals surface area contributed by atoms with E-state index in [9.17, 15) is 9.18 Å². The van der Waals surface area contributed by atoms with Crippen molar-refractivity contribution in [2.45, 2.75) is 27.2 Å². The molecule has 1 amide bonds. The van der Waals surface area contributed by atoms with Crippen LogP contribution in [0.2, 0.25) is 0 Å². The number of rotatable bonds is 6. The normalized spacial score (nSPS) is 14.4. The van der Waals surface area contributed by atoms with E-state index < -0.39 is 17.1 Å². The van der Waals surface area contributed by atoms with Gasteiger partial charge in [-0.05, 0) is 32.4 Å². The highest BCUT2D eigenvalue weighted by atomic mass is 19.1. The van der Waals surface area contributed by atoms with Crippen LogP contribution in [0.4, 0.5) is 10.1 Å². The Morgan fingerprint density at radius 3 is 2.67 bits per heavy atom. The number of hydrogen-bond acceptors (Lipinski definition) is 4. The molecule has 0 saturated carbocycles. The summed E-state index contributed by atoms with van der Waals surface area (Å²) in [6.45, 7) is 5.37. The Kier molecular flexibility index (Phi) is 5.52. The molecule has 0 spiro atoms. The van der Waals surface area contributed by atoms with Crippen molar-refractivity contribution < 1.29 is 19.1 Å². The molecule has 1 aromatic carbocycles. The molecule has 6 nitrogen and oxygen atoms in total. The highest BCUT2D eigenvalue weighted by molar-refractivity contribution is 6.11. The molecule has 1 aromatic rings. The van der Waals surface area contributed by atoms with Gasteiger partial charge in [-0.1, -0.05) is 12.1 Å². The molecule has 7 heteroatoms. The zero-order chi connectivity index (χ0) is 16.0. The van der Waals surface area contributed by atoms with Crippen LogP contribution in [-0.4, -0.2) is 23.6 Å². The lowest BCUT2D eigenvalue weighted by Gasteiger charge is -2.25. The van der Waals surface area contributed by atoms with Crippen molar-refractivity contribution >= 4 is 17.4 Å². The second-order valence-corrected chi connectivity index (χ2v) is 4.70. The lowest BCUT2D eigenvalue weighted by atomic mass is 9.85. The molecule has 0 radical (unpaired) electrons. The number of benzene rings is 1. The molecule has 1 unspecified atom stereocenters. The van der Waals surface area contributed by atoms with E-state index in [1.807, 2.05) is 0 Å². The van der Waals surface area contributed by atoms with Crippen LogP contribution in [-0.2, 0) is 4.79 Å². The van der Waals surface area contributed by atoms with Gasteiger partial charge < -0.3 is 21.0 Å². The Bertz CT molecular complexity index is 548. The molecule has 1 rings (SSSR count). The van der Waals surface area contributed by atoms with E-state index in [2.05, 4.69) is 10.5 Å². The first-order valence-electron chi connectivity index (χ1n) is 6.60. The molecule has 0 fully saturated rings. The number of ether oxygens (including phenoxy) is 1. The lowest BCUT2D eigenvalue weighted by Crippen LogP contribution is -2.44. The molecule has 0 aromatic heterocycles. The molecular weight excluding hydrogens is 277 g/mol. The number of nitrogens with zero attached hydrogens (tertiary/aromatic N) is 1. The average Bonchev–Trinajstić information content (AvgIpc) is 2.48. The summed E-state index contributed by atoms with van der Waals surface area (Å²) in [5.74, 6) is -1.14. The summed E-state index contributed by atoms with van der Waals surface area (Å²) < 4.78 is 18.8. The molecule has 0 bridgehead atoms. The van der Waals surface area contributed by atoms with Gasteiger partial charge in [-0.2, -0.15) is 0 Å². The second kappa shape index (κ2) is 6.92. The topological polar surface area (TPSA) is 96.9 Å². The number of anilines is 1. The number of halogens is 1. The molecule has 0 heterocycles. The van der Waals surface area contributed by atoms with Crippen LogP contribution in [0.5, 0.6) is 5.75 Å². The van der Waals surface area contributed by atoms with Crippen molar-refractivity contribution in [2.75, 3.05) is 11.9 Å². The molecular formula is C14H20FN3O3. The standard InChI is InChI=1S/C14H20FN3O3/c1-4-14(3,12(16)18-20)13(19)17-9-6-7-11(21-5-2)10(15)8-9/h6-8,20H,4-5H2,1-3H3,(H2,16,18)(H,17,19). The summed E-state index contributed by atoms with van der Waals surface area (Å²) in [5.41, 5.74) is 4.65. The number of amidine groups is 1. The molecule has 21 heavy (non-hydrogen) atoms. The maximum absolute atomic E-state index is 13.7. The Hall–Kier alpha value is -2.31. The van der Waals surface area contributed by atoms with Crippen LogP contribution in [0.25, 0.3) is 0 Å². The van der Waals surface area contributed by atoms with E-state index in [1.165, 1.54) is 12.1 Å². The number of nitrogens with two attached hydrogens (primary N) is 1. The SMILES string of the molecule is CCOc1ccc(NC(=O)C(C)(CC)/C(N)=N/O)cc1F. The maximum atomic E-state index is 13.7. The van der Waals surface area contributed by atoms with E-state index in [4.69, 9.17) is 15.7 Å². The Labute approximate surface area is 122 Å². The first-order valence-corrected chi connectivity index (χ1v) is 6.60. The van der Waals surface area contributed by atoms with Crippen molar-refractivity contribution in [3.8, 4) is 5.75 Å². The van der Waals surface area contributed by atoms with Gasteiger partial charge in [-0.15, -0.1) is 0 Å². The number of carbonyl (C=O) groups excluding carboxylic acids is 1. The second-order valence-electron chi connectivity index (χ2n) is 4.70. The Morgan fingerprint density at radius 2 is 2.19 bits per heavy atom. The molecule has 1 atom stereocenters. The predicted molar refractivity (Wildman–Crippen MR) is 78.0 cm³/mol. The van der Waals surface area contributed by atoms with Crippen LogP contribution in [0.15, 0.2) is 23.4 Å². The van der Waals surface area contributed by atoms with Gasteiger partial charge in [0.05, 0.1) is 6.61 Å². The molecule has 116 valence electrons. The van der Waals surface area contributed by atoms with Gasteiger partial charge in [0.1, 0.15) is 5.41 Å². The maximum Gasteiger partial charge on any atom is 0.238 e. The van der Waals surface area contributed by atoms with Gasteiger partial charge in [0.15, 0.2) is 17.4 Å². The molecule has 4 N–H and O–H groups in total. The first-order chi connectivity index (χ1) is 9.88. The minimum atomic E-state index is -1.18. The smallest absolute Gasteiger partial charge is 0.238 e. The number of nitrogens with one attached hydrogen (secondary N) is 1. The number of amides is 1. The fourth-order valence-corrected chi connectivity index (χ4v) is 1.69. The monoisotopic (exact) mass is 297 g/mol. The summed E-state index contributed by atoms with van der Waals surface area (Å²) >= 11 is 0. The minimum Gasteiger partial charge on any atom is -0.491 e. The fourth-order valence-electron chi connectivity index (χ4n) is 1.69. The van der Waals surface area contributed by atoms with Crippen molar-refractivity contribution in [1.29, 1.82) is 0 Å². The summed E-state index contributed by atoms with van der Waals surface area (Å²) in [6.07, 6.45) is 0.328. The highest BCUT2D eigenvalue weighted by Crippen LogP contribution is 2.26. The van der Waals surface area contributed by atoms with E-state index in [1.54, 1.807) is 20.8 Å². The first kappa shape index (κ1) is 16.7. The minimum absolute atomic E-state index is 0.116. The van der Waals surface area contributed by atoms with Gasteiger partial charge in [0.25, 0.3) is 0 Å². The predicted octanol–water partition coefficient (Wildman–Crippen LogP) is 2.33. The van der Waals surface area contributed by atoms with E-state index >= 15 is 0 Å². The summed E-state index contributed by atoms with van der Waals surface area (Å²) in [5, 5.41) is 14.2. The third-order valence-corrected chi connectivity index (χ3v) is 3.37. The molecule has 0 aliphatic rings. The third kappa shape index (κ3) is 3.62. The summed E-state index contributed by atoms with van der Waals surface area (Å²) in [7, 11) is 0. The fraction of sp³-hybridized carbons (Fsp3) is 0.429. The van der Waals surface area contributed by atoms with Crippen molar-refractivity contribution in [3.05, 3.63) is 24.0 Å². The summed E-state index contributed by atoms with van der Waals surface area (Å²) in [6, 6.07) is 4.11. The van der Waals surface area contributed by atoms with Gasteiger partial charge >= 0.3 is 0 Å². The molecule has 0 aliphatic carbocycles. The number of carbonyl (C=O) groups is 1. The van der Waals surface area contributed by atoms with Gasteiger partial charge in [0.2, 0.25) is 5.91 Å². The quantitative estimate of drug-likeness (QED) is 0.325. The van der Waals surface area contributed by atoms with Crippen LogP contribution in [0.3, 0.4) is 0 Å². The highest BCUT2D eigenvalue weighted by Gasteiger charge is 2.36. The van der Waals surface area contributed by atoms with Crippen LogP contribution in [0.1, 0.15) is 27.2 Å². The van der Waals surface area contributed by atoms with E-state index in [-0.39, 0.29) is 17.3 Å². The Morgan fingerprint density at radius 1 is 1.52 bits per heavy atom. The zero-order valence-electron chi connectivity index (χ0n) is 12.3. The van der Waals surface area contributed by atoms with Crippen molar-refractivity contribution in [1.82, 2.24) is 0 Å². The largest absolute Gasteiger partial charge is 0.491 e. The van der Waals surface area contributed by atoms with Crippen LogP contribution in [0, 0.1) is 11.2 Å². The number of hydrogen-bond donors (Lipinski definition) is 3. The van der Waals surface area contributed by atoms with Crippen molar-refractivity contribution in [3.63, 3.8) is 0 Å². The van der Waals surface area contributed by atoms with Gasteiger partial charge in [0, 0.05) is 11.8 Å². The van der Waals surface area contributed by atoms with Gasteiger partial charge in [-0.25, -0.2) is 4.39 Å². The lowest BCUT2D eigenvalue weighted by molar-refractivity contribution is -0.121. The Balaban J connectivity index is 2.95. The van der Waals surface area contributed by atoms with E-state index in [0.29, 0.717) is 13.0 Å². The summed E-state index contributed by atoms with van der Waals surface area (Å²) in [4.78, 5) is 12.3. The third-order valence-electron chi connectivity index (χ3n) is 3.37. The van der Waals surface area contributed by atoms with Gasteiger partial charge in [-0.3, -0.25) is 4.79 Å². The van der Waals surface area contributed by atoms with E-state index in [0.717, 1.165) is 6.07 Å². The molecule has 0 saturated heterocycles. The molecule has 0 aliphatic heterocycles.